The molecule has 2 fully saturated rings. The molecule has 3 rings (SSSR count). The lowest BCUT2D eigenvalue weighted by Gasteiger charge is -2.16. The Morgan fingerprint density at radius 1 is 1.35 bits per heavy atom. The molecule has 0 bridgehead atoms. The zero-order chi connectivity index (χ0) is 14.2. The van der Waals surface area contributed by atoms with Crippen LogP contribution in [-0.2, 0) is 16.1 Å². The van der Waals surface area contributed by atoms with Gasteiger partial charge in [0, 0.05) is 18.5 Å². The van der Waals surface area contributed by atoms with Crippen molar-refractivity contribution in [2.75, 3.05) is 13.1 Å². The first-order valence-corrected chi connectivity index (χ1v) is 6.79. The third-order valence-corrected chi connectivity index (χ3v) is 4.34. The number of hydrogen-bond acceptors (Lipinski definition) is 3. The Balaban J connectivity index is 1.51. The van der Waals surface area contributed by atoms with Crippen LogP contribution in [0.5, 0.6) is 0 Å². The van der Waals surface area contributed by atoms with Crippen molar-refractivity contribution in [2.24, 2.45) is 11.3 Å². The van der Waals surface area contributed by atoms with Crippen LogP contribution in [-0.4, -0.2) is 35.2 Å². The average molecular weight is 275 g/mol. The first kappa shape index (κ1) is 13.0. The van der Waals surface area contributed by atoms with Crippen LogP contribution in [0.15, 0.2) is 30.3 Å². The topological polar surface area (TPSA) is 66.8 Å². The zero-order valence-corrected chi connectivity index (χ0v) is 11.1. The number of nitrogens with zero attached hydrogens (tertiary/aromatic N) is 1. The van der Waals surface area contributed by atoms with Crippen molar-refractivity contribution in [2.45, 2.75) is 19.4 Å². The maximum absolute atomic E-state index is 12.0. The molecule has 1 aromatic carbocycles. The van der Waals surface area contributed by atoms with Crippen LogP contribution in [0.25, 0.3) is 0 Å². The van der Waals surface area contributed by atoms with Crippen molar-refractivity contribution < 1.29 is 19.4 Å². The van der Waals surface area contributed by atoms with Crippen molar-refractivity contribution in [3.8, 4) is 0 Å². The van der Waals surface area contributed by atoms with Crippen LogP contribution in [0, 0.1) is 11.3 Å². The summed E-state index contributed by atoms with van der Waals surface area (Å²) in [5.41, 5.74) is 0.766. The fourth-order valence-electron chi connectivity index (χ4n) is 3.01. The summed E-state index contributed by atoms with van der Waals surface area (Å²) >= 11 is 0. The van der Waals surface area contributed by atoms with E-state index in [0.29, 0.717) is 19.5 Å². The minimum absolute atomic E-state index is 0.183. The fourth-order valence-corrected chi connectivity index (χ4v) is 3.01. The minimum Gasteiger partial charge on any atom is -0.481 e. The molecule has 1 aliphatic carbocycles. The highest BCUT2D eigenvalue weighted by Gasteiger charge is 2.61. The standard InChI is InChI=1S/C15H17NO4/c17-13(18)12-8-15(12)6-7-16(10-15)14(19)20-9-11-4-2-1-3-5-11/h1-5,12H,6-10H2,(H,17,18)/t12-,15-/m0/s1. The van der Waals surface area contributed by atoms with E-state index in [4.69, 9.17) is 9.84 Å². The minimum atomic E-state index is -0.746. The van der Waals surface area contributed by atoms with Gasteiger partial charge in [-0.05, 0) is 18.4 Å². The third kappa shape index (κ3) is 2.35. The molecule has 0 aromatic heterocycles. The van der Waals surface area contributed by atoms with Gasteiger partial charge in [-0.15, -0.1) is 0 Å². The molecule has 1 spiro atoms. The average Bonchev–Trinajstić information content (AvgIpc) is 2.99. The van der Waals surface area contributed by atoms with Crippen LogP contribution in [0.3, 0.4) is 0 Å². The third-order valence-electron chi connectivity index (χ3n) is 4.34. The number of carboxylic acid groups (broad SMARTS) is 1. The summed E-state index contributed by atoms with van der Waals surface area (Å²) in [6.45, 7) is 1.36. The van der Waals surface area contributed by atoms with E-state index in [9.17, 15) is 9.59 Å². The Kier molecular flexibility index (Phi) is 3.12. The number of amides is 1. The van der Waals surface area contributed by atoms with Gasteiger partial charge in [-0.1, -0.05) is 30.3 Å². The molecule has 20 heavy (non-hydrogen) atoms. The number of carbonyl (C=O) groups excluding carboxylic acids is 1. The summed E-state index contributed by atoms with van der Waals surface area (Å²) in [6, 6.07) is 9.51. The highest BCUT2D eigenvalue weighted by Crippen LogP contribution is 2.58. The molecule has 5 heteroatoms. The molecule has 1 aliphatic heterocycles. The number of likely N-dealkylation sites (tertiary alicyclic amines) is 1. The lowest BCUT2D eigenvalue weighted by atomic mass is 10.0. The lowest BCUT2D eigenvalue weighted by Crippen LogP contribution is -2.30. The number of carboxylic acids is 1. The molecule has 1 amide bonds. The molecule has 2 atom stereocenters. The Labute approximate surface area is 117 Å². The quantitative estimate of drug-likeness (QED) is 0.917. The predicted molar refractivity (Wildman–Crippen MR) is 71.0 cm³/mol. The molecule has 1 aromatic rings. The molecule has 1 saturated heterocycles. The maximum Gasteiger partial charge on any atom is 0.410 e. The SMILES string of the molecule is O=C(O)[C@@H]1C[C@]12CCN(C(=O)OCc1ccccc1)C2. The molecular weight excluding hydrogens is 258 g/mol. The normalized spacial score (nSPS) is 27.6. The molecule has 106 valence electrons. The number of rotatable bonds is 3. The summed E-state index contributed by atoms with van der Waals surface area (Å²) in [6.07, 6.45) is 1.11. The molecule has 5 nitrogen and oxygen atoms in total. The number of aliphatic carboxylic acids is 1. The molecule has 1 N–H and O–H groups in total. The number of hydrogen-bond donors (Lipinski definition) is 1. The summed E-state index contributed by atoms with van der Waals surface area (Å²) in [7, 11) is 0. The highest BCUT2D eigenvalue weighted by atomic mass is 16.6. The van der Waals surface area contributed by atoms with Gasteiger partial charge in [-0.3, -0.25) is 4.79 Å². The van der Waals surface area contributed by atoms with Crippen LogP contribution in [0.1, 0.15) is 18.4 Å². The monoisotopic (exact) mass is 275 g/mol. The maximum atomic E-state index is 12.0. The lowest BCUT2D eigenvalue weighted by molar-refractivity contribution is -0.139. The van der Waals surface area contributed by atoms with Gasteiger partial charge in [0.25, 0.3) is 0 Å². The zero-order valence-electron chi connectivity index (χ0n) is 11.1. The largest absolute Gasteiger partial charge is 0.481 e. The van der Waals surface area contributed by atoms with E-state index in [-0.39, 0.29) is 24.0 Å². The van der Waals surface area contributed by atoms with Crippen molar-refractivity contribution in [3.05, 3.63) is 35.9 Å². The second-order valence-electron chi connectivity index (χ2n) is 5.67. The van der Waals surface area contributed by atoms with E-state index in [2.05, 4.69) is 0 Å². The van der Waals surface area contributed by atoms with E-state index >= 15 is 0 Å². The summed E-state index contributed by atoms with van der Waals surface area (Å²) in [4.78, 5) is 24.6. The van der Waals surface area contributed by atoms with Crippen LogP contribution in [0.2, 0.25) is 0 Å². The van der Waals surface area contributed by atoms with Gasteiger partial charge < -0.3 is 14.7 Å². The molecular formula is C15H17NO4. The highest BCUT2D eigenvalue weighted by molar-refractivity contribution is 5.76. The number of ether oxygens (including phenoxy) is 1. The predicted octanol–water partition coefficient (Wildman–Crippen LogP) is 2.12. The Morgan fingerprint density at radius 2 is 2.10 bits per heavy atom. The van der Waals surface area contributed by atoms with Crippen LogP contribution >= 0.6 is 0 Å². The van der Waals surface area contributed by atoms with Crippen LogP contribution < -0.4 is 0 Å². The van der Waals surface area contributed by atoms with E-state index in [0.717, 1.165) is 12.0 Å². The second kappa shape index (κ2) is 4.81. The van der Waals surface area contributed by atoms with Gasteiger partial charge in [-0.25, -0.2) is 4.79 Å². The van der Waals surface area contributed by atoms with E-state index in [1.807, 2.05) is 30.3 Å². The van der Waals surface area contributed by atoms with Gasteiger partial charge in [-0.2, -0.15) is 0 Å². The summed E-state index contributed by atoms with van der Waals surface area (Å²) in [5, 5.41) is 9.02. The Bertz CT molecular complexity index is 530. The van der Waals surface area contributed by atoms with Gasteiger partial charge >= 0.3 is 12.1 Å². The molecule has 0 unspecified atom stereocenters. The van der Waals surface area contributed by atoms with Crippen molar-refractivity contribution in [3.63, 3.8) is 0 Å². The number of carbonyl (C=O) groups is 2. The van der Waals surface area contributed by atoms with Gasteiger partial charge in [0.2, 0.25) is 0 Å². The Morgan fingerprint density at radius 3 is 2.75 bits per heavy atom. The van der Waals surface area contributed by atoms with Gasteiger partial charge in [0.15, 0.2) is 0 Å². The molecule has 1 saturated carbocycles. The first-order chi connectivity index (χ1) is 9.61. The number of benzene rings is 1. The Hall–Kier alpha value is -2.04. The molecule has 0 radical (unpaired) electrons. The smallest absolute Gasteiger partial charge is 0.410 e. The van der Waals surface area contributed by atoms with Crippen LogP contribution in [0.4, 0.5) is 4.79 Å². The fraction of sp³-hybridized carbons (Fsp3) is 0.467. The summed E-state index contributed by atoms with van der Waals surface area (Å²) in [5.74, 6) is -1.03. The van der Waals surface area contributed by atoms with E-state index < -0.39 is 5.97 Å². The first-order valence-electron chi connectivity index (χ1n) is 6.79. The van der Waals surface area contributed by atoms with Gasteiger partial charge in [0.1, 0.15) is 6.61 Å². The van der Waals surface area contributed by atoms with Gasteiger partial charge in [0.05, 0.1) is 5.92 Å². The second-order valence-corrected chi connectivity index (χ2v) is 5.67. The van der Waals surface area contributed by atoms with Crippen molar-refractivity contribution in [1.82, 2.24) is 4.90 Å². The summed E-state index contributed by atoms with van der Waals surface area (Å²) < 4.78 is 5.27. The van der Waals surface area contributed by atoms with E-state index in [1.54, 1.807) is 4.90 Å². The van der Waals surface area contributed by atoms with E-state index in [1.165, 1.54) is 0 Å². The van der Waals surface area contributed by atoms with Crippen molar-refractivity contribution >= 4 is 12.1 Å². The van der Waals surface area contributed by atoms with Crippen molar-refractivity contribution in [1.29, 1.82) is 0 Å². The molecule has 2 aliphatic rings. The molecule has 1 heterocycles.